The molecule has 3 aromatic rings. The molecule has 7 atom stereocenters. The Morgan fingerprint density at radius 3 is 2.77 bits per heavy atom. The zero-order chi connectivity index (χ0) is 33.0. The Morgan fingerprint density at radius 2 is 2.00 bits per heavy atom. The van der Waals surface area contributed by atoms with Crippen molar-refractivity contribution < 1.29 is 18.8 Å². The summed E-state index contributed by atoms with van der Waals surface area (Å²) in [4.78, 5) is 16.1. The summed E-state index contributed by atoms with van der Waals surface area (Å²) in [6.45, 7) is 6.39. The van der Waals surface area contributed by atoms with Crippen molar-refractivity contribution in [3.8, 4) is 5.75 Å². The molecule has 1 aromatic heterocycles. The van der Waals surface area contributed by atoms with E-state index in [9.17, 15) is 14.1 Å². The molecule has 252 valence electrons. The Morgan fingerprint density at radius 1 is 1.15 bits per heavy atom. The normalized spacial score (nSPS) is 34.3. The predicted octanol–water partition coefficient (Wildman–Crippen LogP) is 6.04. The average molecular weight is 679 g/mol. The monoisotopic (exact) mass is 678 g/mol. The highest BCUT2D eigenvalue weighted by molar-refractivity contribution is 7.99. The molecule has 0 saturated heterocycles. The fourth-order valence-corrected chi connectivity index (χ4v) is 10.4. The van der Waals surface area contributed by atoms with Crippen LogP contribution in [0.4, 0.5) is 5.69 Å². The number of aliphatic hydroxyl groups is 1. The molecule has 47 heavy (non-hydrogen) atoms. The molecule has 1 spiro atoms. The molecule has 1 unspecified atom stereocenters. The number of carbonyl (C=O) groups excluding carboxylic acids is 1. The Hall–Kier alpha value is -3.01. The lowest BCUT2D eigenvalue weighted by Gasteiger charge is -2.50. The minimum Gasteiger partial charge on any atom is -0.490 e. The smallest absolute Gasteiger partial charge is 0.262 e. The molecule has 7 rings (SSSR count). The number of amides is 1. The lowest BCUT2D eigenvalue weighted by Crippen LogP contribution is -2.54. The molecule has 3 heterocycles. The number of hydrogen-bond acceptors (Lipinski definition) is 6. The van der Waals surface area contributed by atoms with Crippen LogP contribution in [0.1, 0.15) is 80.3 Å². The minimum atomic E-state index is -2.95. The van der Waals surface area contributed by atoms with Crippen LogP contribution < -0.4 is 14.4 Å². The number of aromatic nitrogens is 2. The van der Waals surface area contributed by atoms with E-state index in [1.54, 1.807) is 12.3 Å². The Bertz CT molecular complexity index is 1750. The van der Waals surface area contributed by atoms with Crippen molar-refractivity contribution in [2.24, 2.45) is 17.8 Å². The Balaban J connectivity index is 1.31. The van der Waals surface area contributed by atoms with E-state index >= 15 is 0 Å². The highest BCUT2D eigenvalue weighted by Gasteiger charge is 2.49. The first kappa shape index (κ1) is 32.5. The number of rotatable bonds is 2. The molecule has 1 amide bonds. The molecule has 2 aliphatic heterocycles. The third kappa shape index (κ3) is 6.19. The summed E-state index contributed by atoms with van der Waals surface area (Å²) < 4.78 is 25.2. The highest BCUT2D eigenvalue weighted by atomic mass is 35.5. The van der Waals surface area contributed by atoms with Gasteiger partial charge in [-0.3, -0.25) is 14.2 Å². The van der Waals surface area contributed by atoms with Gasteiger partial charge in [0.2, 0.25) is 0 Å². The van der Waals surface area contributed by atoms with Crippen LogP contribution in [0.2, 0.25) is 5.02 Å². The van der Waals surface area contributed by atoms with Crippen LogP contribution in [0.5, 0.6) is 5.75 Å². The van der Waals surface area contributed by atoms with Crippen molar-refractivity contribution in [1.29, 1.82) is 0 Å². The number of benzene rings is 2. The molecule has 0 radical (unpaired) electrons. The number of fused-ring (bicyclic) bond motifs is 4. The molecule has 2 N–H and O–H groups in total. The molecular weight excluding hydrogens is 632 g/mol. The van der Waals surface area contributed by atoms with Gasteiger partial charge < -0.3 is 14.7 Å². The quantitative estimate of drug-likeness (QED) is 0.321. The molecule has 1 saturated carbocycles. The van der Waals surface area contributed by atoms with E-state index < -0.39 is 15.3 Å². The maximum absolute atomic E-state index is 13.9. The van der Waals surface area contributed by atoms with Crippen molar-refractivity contribution in [3.05, 3.63) is 76.6 Å². The van der Waals surface area contributed by atoms with Gasteiger partial charge >= 0.3 is 0 Å². The maximum Gasteiger partial charge on any atom is 0.262 e. The maximum atomic E-state index is 13.9. The van der Waals surface area contributed by atoms with Gasteiger partial charge in [0, 0.05) is 46.7 Å². The van der Waals surface area contributed by atoms with Gasteiger partial charge in [-0.15, -0.1) is 0 Å². The van der Waals surface area contributed by atoms with Crippen LogP contribution in [0.3, 0.4) is 0 Å². The summed E-state index contributed by atoms with van der Waals surface area (Å²) in [6.07, 6.45) is 10.9. The summed E-state index contributed by atoms with van der Waals surface area (Å²) in [5, 5.41) is 17.4. The topological polar surface area (TPSA) is 96.7 Å². The number of carbonyl (C=O) groups is 1. The summed E-state index contributed by atoms with van der Waals surface area (Å²) in [7, 11) is -2.95. The minimum absolute atomic E-state index is 0.0414. The number of nitrogens with one attached hydrogen (secondary N) is 1. The van der Waals surface area contributed by atoms with Gasteiger partial charge in [-0.05, 0) is 123 Å². The predicted molar refractivity (Wildman–Crippen MR) is 189 cm³/mol. The van der Waals surface area contributed by atoms with Gasteiger partial charge in [-0.25, -0.2) is 4.21 Å². The number of anilines is 1. The summed E-state index contributed by atoms with van der Waals surface area (Å²) in [5.74, 6) is 4.76. The highest BCUT2D eigenvalue weighted by Crippen LogP contribution is 2.49. The third-order valence-corrected chi connectivity index (χ3v) is 14.2. The van der Waals surface area contributed by atoms with E-state index in [-0.39, 0.29) is 34.3 Å². The molecule has 2 aliphatic carbocycles. The largest absolute Gasteiger partial charge is 0.490 e. The van der Waals surface area contributed by atoms with Crippen molar-refractivity contribution in [1.82, 2.24) is 14.5 Å². The van der Waals surface area contributed by atoms with Gasteiger partial charge in [0.15, 0.2) is 0 Å². The first-order chi connectivity index (χ1) is 22.5. The third-order valence-electron chi connectivity index (χ3n) is 11.8. The lowest BCUT2D eigenvalue weighted by molar-refractivity contribution is -0.101. The molecular formula is C37H47ClN4O4S. The van der Waals surface area contributed by atoms with E-state index in [2.05, 4.69) is 39.6 Å². The summed E-state index contributed by atoms with van der Waals surface area (Å²) in [5.41, 5.74) is 2.67. The first-order valence-electron chi connectivity index (χ1n) is 17.2. The molecule has 2 bridgehead atoms. The van der Waals surface area contributed by atoms with Gasteiger partial charge in [0.05, 0.1) is 34.1 Å². The number of halogens is 1. The van der Waals surface area contributed by atoms with Gasteiger partial charge in [0.25, 0.3) is 5.91 Å². The van der Waals surface area contributed by atoms with E-state index in [1.807, 2.05) is 42.1 Å². The van der Waals surface area contributed by atoms with Crippen molar-refractivity contribution in [2.45, 2.75) is 88.0 Å². The summed E-state index contributed by atoms with van der Waals surface area (Å²) >= 11 is 6.46. The number of ether oxygens (including phenoxy) is 1. The van der Waals surface area contributed by atoms with E-state index in [4.69, 9.17) is 16.3 Å². The van der Waals surface area contributed by atoms with Gasteiger partial charge in [-0.2, -0.15) is 5.10 Å². The second-order valence-corrected chi connectivity index (χ2v) is 17.6. The van der Waals surface area contributed by atoms with Crippen molar-refractivity contribution >= 4 is 38.8 Å². The van der Waals surface area contributed by atoms with Crippen LogP contribution in [-0.4, -0.2) is 61.4 Å². The Labute approximate surface area is 284 Å². The molecule has 8 nitrogen and oxygen atoms in total. The standard InChI is InChI=1S/C37H47ClN4O4S/c1-25-7-4-16-37(44,23-42-18-6-17-39-42)32-12-9-29(32)21-41-22-36(15-5-8-27-19-30(38)11-13-31(27)36)24-46-34-14-10-28(20-33(34)41)35(43)40-47(3,45)26(25)2/h6,10-11,13-14,17-20,25-26,29,32,44H,3-5,7-9,12,15-16,21-24H2,1-2H3,(H,40,43,45)/t25-,26+,29-,32+,36-,37+,47?/m0/s1. The molecule has 4 aliphatic rings. The van der Waals surface area contributed by atoms with E-state index in [1.165, 1.54) is 11.1 Å². The molecule has 1 fully saturated rings. The van der Waals surface area contributed by atoms with Crippen LogP contribution in [-0.2, 0) is 28.1 Å². The number of aryl methyl sites for hydroxylation is 1. The first-order valence-corrected chi connectivity index (χ1v) is 19.3. The van der Waals surface area contributed by atoms with Gasteiger partial charge in [0.1, 0.15) is 5.75 Å². The Kier molecular flexibility index (Phi) is 8.63. The van der Waals surface area contributed by atoms with Crippen LogP contribution in [0.25, 0.3) is 0 Å². The second-order valence-electron chi connectivity index (χ2n) is 14.8. The molecule has 10 heteroatoms. The van der Waals surface area contributed by atoms with Crippen molar-refractivity contribution in [2.75, 3.05) is 24.6 Å². The van der Waals surface area contributed by atoms with E-state index in [0.717, 1.165) is 74.5 Å². The van der Waals surface area contributed by atoms with Crippen LogP contribution in [0, 0.1) is 17.8 Å². The molecule has 2 aromatic carbocycles. The number of hydrogen-bond donors (Lipinski definition) is 2. The second kappa shape index (κ2) is 12.5. The zero-order valence-electron chi connectivity index (χ0n) is 27.5. The fourth-order valence-electron chi connectivity index (χ4n) is 8.74. The average Bonchev–Trinajstić information content (AvgIpc) is 3.47. The van der Waals surface area contributed by atoms with Crippen LogP contribution >= 0.6 is 11.6 Å². The zero-order valence-corrected chi connectivity index (χ0v) is 29.1. The van der Waals surface area contributed by atoms with Crippen LogP contribution in [0.15, 0.2) is 54.9 Å². The van der Waals surface area contributed by atoms with Crippen molar-refractivity contribution in [3.63, 3.8) is 0 Å². The summed E-state index contributed by atoms with van der Waals surface area (Å²) in [6, 6.07) is 13.7. The number of nitrogens with zero attached hydrogens (tertiary/aromatic N) is 3. The lowest BCUT2D eigenvalue weighted by atomic mass is 9.62. The fraction of sp³-hybridized carbons (Fsp3) is 0.541. The SMILES string of the molecule is C=S1(=O)NC(=O)c2ccc3c(c2)N(C[C@@H]2CC[C@H]2[C@](O)(Cn2cccn2)CCC[C@H](C)[C@H]1C)C[C@@]1(CCCc2cc(Cl)ccc21)CO3. The van der Waals surface area contributed by atoms with Gasteiger partial charge in [-0.1, -0.05) is 31.0 Å². The van der Waals surface area contributed by atoms with E-state index in [0.29, 0.717) is 25.1 Å².